The largest absolute Gasteiger partial charge is 0.416 e. The first-order chi connectivity index (χ1) is 12.9. The fourth-order valence-corrected chi connectivity index (χ4v) is 2.91. The predicted octanol–water partition coefficient (Wildman–Crippen LogP) is 2.71. The molecule has 1 atom stereocenters. The number of rotatable bonds is 4. The number of ether oxygens (including phenoxy) is 2. The summed E-state index contributed by atoms with van der Waals surface area (Å²) in [4.78, 5) is 22.1. The van der Waals surface area contributed by atoms with Gasteiger partial charge in [0, 0.05) is 31.6 Å². The topological polar surface area (TPSA) is 64.5 Å². The number of carbonyl (C=O) groups excluding carboxylic acids is 1. The van der Waals surface area contributed by atoms with Crippen molar-refractivity contribution in [2.24, 2.45) is 0 Å². The Balaban J connectivity index is 1.92. The van der Waals surface area contributed by atoms with E-state index in [1.54, 1.807) is 11.0 Å². The second-order valence-electron chi connectivity index (χ2n) is 6.00. The van der Waals surface area contributed by atoms with E-state index in [1.807, 2.05) is 0 Å². The summed E-state index contributed by atoms with van der Waals surface area (Å²) in [5.41, 5.74) is 0.219. The number of amides is 1. The molecule has 1 aliphatic heterocycles. The minimum atomic E-state index is -4.46. The predicted molar refractivity (Wildman–Crippen MR) is 89.6 cm³/mol. The smallest absolute Gasteiger partial charge is 0.375 e. The number of hydrogen-bond acceptors (Lipinski definition) is 5. The van der Waals surface area contributed by atoms with E-state index in [2.05, 4.69) is 9.97 Å². The highest BCUT2D eigenvalue weighted by Crippen LogP contribution is 2.34. The van der Waals surface area contributed by atoms with Crippen molar-refractivity contribution in [2.45, 2.75) is 12.3 Å². The van der Waals surface area contributed by atoms with Gasteiger partial charge in [-0.05, 0) is 12.1 Å². The molecule has 0 saturated carbocycles. The van der Waals surface area contributed by atoms with Gasteiger partial charge in [0.15, 0.2) is 0 Å². The Morgan fingerprint density at radius 3 is 2.85 bits per heavy atom. The van der Waals surface area contributed by atoms with Crippen molar-refractivity contribution in [1.29, 1.82) is 0 Å². The highest BCUT2D eigenvalue weighted by Gasteiger charge is 2.32. The third kappa shape index (κ3) is 4.42. The van der Waals surface area contributed by atoms with Gasteiger partial charge in [0.05, 0.1) is 30.1 Å². The maximum atomic E-state index is 13.0. The van der Waals surface area contributed by atoms with Crippen molar-refractivity contribution in [3.05, 3.63) is 47.9 Å². The molecule has 2 aromatic rings. The number of carbonyl (C=O) groups is 1. The van der Waals surface area contributed by atoms with Crippen molar-refractivity contribution in [2.75, 3.05) is 33.4 Å². The maximum Gasteiger partial charge on any atom is 0.416 e. The second kappa shape index (κ2) is 8.01. The third-order valence-electron chi connectivity index (χ3n) is 4.18. The van der Waals surface area contributed by atoms with Crippen molar-refractivity contribution in [3.63, 3.8) is 0 Å². The van der Waals surface area contributed by atoms with Crippen LogP contribution in [0.3, 0.4) is 0 Å². The Kier molecular flexibility index (Phi) is 5.71. The van der Waals surface area contributed by atoms with Gasteiger partial charge in [-0.25, -0.2) is 0 Å². The van der Waals surface area contributed by atoms with Gasteiger partial charge in [-0.15, -0.1) is 0 Å². The molecule has 3 rings (SSSR count). The maximum absolute atomic E-state index is 13.0. The number of methoxy groups -OCH3 is 1. The second-order valence-corrected chi connectivity index (χ2v) is 6.00. The summed E-state index contributed by atoms with van der Waals surface area (Å²) in [5, 5.41) is 0. The molecule has 1 fully saturated rings. The first kappa shape index (κ1) is 19.2. The normalized spacial score (nSPS) is 17.8. The van der Waals surface area contributed by atoms with Crippen LogP contribution in [-0.4, -0.2) is 54.2 Å². The lowest BCUT2D eigenvalue weighted by molar-refractivity contribution is -0.143. The SMILES string of the molecule is COCC(=O)N1CCO[C@H](c2nccnc2-c2cccc(C(F)(F)F)c2)C1. The molecular weight excluding hydrogens is 363 g/mol. The van der Waals surface area contributed by atoms with Gasteiger partial charge < -0.3 is 14.4 Å². The van der Waals surface area contributed by atoms with Crippen LogP contribution in [0.2, 0.25) is 0 Å². The fourth-order valence-electron chi connectivity index (χ4n) is 2.91. The van der Waals surface area contributed by atoms with Crippen LogP contribution in [0.25, 0.3) is 11.3 Å². The molecule has 1 aromatic carbocycles. The zero-order valence-electron chi connectivity index (χ0n) is 14.6. The van der Waals surface area contributed by atoms with Gasteiger partial charge in [-0.3, -0.25) is 14.8 Å². The van der Waals surface area contributed by atoms with E-state index in [-0.39, 0.29) is 24.6 Å². The Morgan fingerprint density at radius 1 is 1.33 bits per heavy atom. The zero-order valence-corrected chi connectivity index (χ0v) is 14.6. The molecule has 2 heterocycles. The van der Waals surface area contributed by atoms with E-state index in [4.69, 9.17) is 9.47 Å². The molecule has 6 nitrogen and oxygen atoms in total. The number of nitrogens with zero attached hydrogens (tertiary/aromatic N) is 3. The molecule has 1 amide bonds. The number of alkyl halides is 3. The number of halogens is 3. The number of hydrogen-bond donors (Lipinski definition) is 0. The van der Waals surface area contributed by atoms with Crippen LogP contribution < -0.4 is 0 Å². The first-order valence-electron chi connectivity index (χ1n) is 8.27. The molecule has 27 heavy (non-hydrogen) atoms. The van der Waals surface area contributed by atoms with Crippen LogP contribution in [0, 0.1) is 0 Å². The molecule has 1 aromatic heterocycles. The van der Waals surface area contributed by atoms with Crippen molar-refractivity contribution >= 4 is 5.91 Å². The summed E-state index contributed by atoms with van der Waals surface area (Å²) < 4.78 is 49.7. The van der Waals surface area contributed by atoms with Gasteiger partial charge in [-0.1, -0.05) is 12.1 Å². The van der Waals surface area contributed by atoms with Gasteiger partial charge >= 0.3 is 6.18 Å². The number of morpholine rings is 1. The van der Waals surface area contributed by atoms with Crippen LogP contribution >= 0.6 is 0 Å². The van der Waals surface area contributed by atoms with Crippen molar-refractivity contribution in [3.8, 4) is 11.3 Å². The Morgan fingerprint density at radius 2 is 2.11 bits per heavy atom. The van der Waals surface area contributed by atoms with Crippen LogP contribution in [0.4, 0.5) is 13.2 Å². The van der Waals surface area contributed by atoms with E-state index in [0.717, 1.165) is 12.1 Å². The van der Waals surface area contributed by atoms with Crippen molar-refractivity contribution in [1.82, 2.24) is 14.9 Å². The highest BCUT2D eigenvalue weighted by molar-refractivity contribution is 5.77. The van der Waals surface area contributed by atoms with Gasteiger partial charge in [0.2, 0.25) is 5.91 Å². The van der Waals surface area contributed by atoms with E-state index in [0.29, 0.717) is 24.5 Å². The molecule has 0 bridgehead atoms. The van der Waals surface area contributed by atoms with E-state index in [1.165, 1.54) is 25.6 Å². The number of benzene rings is 1. The average Bonchev–Trinajstić information content (AvgIpc) is 2.68. The molecule has 9 heteroatoms. The molecule has 0 radical (unpaired) electrons. The molecule has 0 aliphatic carbocycles. The van der Waals surface area contributed by atoms with E-state index >= 15 is 0 Å². The van der Waals surface area contributed by atoms with Crippen molar-refractivity contribution < 1.29 is 27.4 Å². The lowest BCUT2D eigenvalue weighted by Gasteiger charge is -2.33. The quantitative estimate of drug-likeness (QED) is 0.815. The third-order valence-corrected chi connectivity index (χ3v) is 4.18. The molecule has 0 N–H and O–H groups in total. The highest BCUT2D eigenvalue weighted by atomic mass is 19.4. The molecular formula is C18H18F3N3O3. The molecule has 0 unspecified atom stereocenters. The standard InChI is InChI=1S/C18H18F3N3O3/c1-26-11-15(25)24-7-8-27-14(10-24)17-16(22-5-6-23-17)12-3-2-4-13(9-12)18(19,20)21/h2-6,9,14H,7-8,10-11H2,1H3/t14-/m0/s1. The first-order valence-corrected chi connectivity index (χ1v) is 8.27. The lowest BCUT2D eigenvalue weighted by Crippen LogP contribution is -2.44. The molecule has 0 spiro atoms. The fraction of sp³-hybridized carbons (Fsp3) is 0.389. The van der Waals surface area contributed by atoms with Gasteiger partial charge in [0.25, 0.3) is 0 Å². The Labute approximate surface area is 153 Å². The van der Waals surface area contributed by atoms with E-state index < -0.39 is 17.8 Å². The van der Waals surface area contributed by atoms with Gasteiger partial charge in [0.1, 0.15) is 12.7 Å². The summed E-state index contributed by atoms with van der Waals surface area (Å²) in [6.45, 7) is 0.886. The Bertz CT molecular complexity index is 814. The Hall–Kier alpha value is -2.52. The summed E-state index contributed by atoms with van der Waals surface area (Å²) in [7, 11) is 1.43. The summed E-state index contributed by atoms with van der Waals surface area (Å²) in [5.74, 6) is -0.185. The van der Waals surface area contributed by atoms with Crippen LogP contribution in [0.1, 0.15) is 17.4 Å². The summed E-state index contributed by atoms with van der Waals surface area (Å²) in [6, 6.07) is 4.90. The minimum absolute atomic E-state index is 0.0479. The summed E-state index contributed by atoms with van der Waals surface area (Å²) >= 11 is 0. The molecule has 144 valence electrons. The van der Waals surface area contributed by atoms with Crippen LogP contribution in [0.5, 0.6) is 0 Å². The van der Waals surface area contributed by atoms with Crippen LogP contribution in [0.15, 0.2) is 36.7 Å². The monoisotopic (exact) mass is 381 g/mol. The summed E-state index contributed by atoms with van der Waals surface area (Å²) in [6.07, 6.45) is -2.18. The zero-order chi connectivity index (χ0) is 19.4. The molecule has 1 aliphatic rings. The van der Waals surface area contributed by atoms with E-state index in [9.17, 15) is 18.0 Å². The average molecular weight is 381 g/mol. The minimum Gasteiger partial charge on any atom is -0.375 e. The molecule has 1 saturated heterocycles. The number of aromatic nitrogens is 2. The lowest BCUT2D eigenvalue weighted by atomic mass is 10.0. The van der Waals surface area contributed by atoms with Gasteiger partial charge in [-0.2, -0.15) is 13.2 Å². The van der Waals surface area contributed by atoms with Crippen LogP contribution in [-0.2, 0) is 20.4 Å².